The summed E-state index contributed by atoms with van der Waals surface area (Å²) in [6, 6.07) is 8.55. The standard InChI is InChI=1S/C29H35F2N7O3S/c1-4-22-12-20(28(39)35-11-5-6-21(32)16-35)14-25-33-26(17(2)37(22)25)23-13-19-9-10-24(38(29(30)31)42(3,40)41)34-27(19)36(23)15-18-7-8-18/h9-10,12-14,18,21,29H,4-8,11,15-16,32H2,1-3H3/t21-/m1/s1. The molecule has 0 bridgehead atoms. The first-order valence-corrected chi connectivity index (χ1v) is 16.2. The van der Waals surface area contributed by atoms with E-state index in [0.29, 0.717) is 59.9 Å². The summed E-state index contributed by atoms with van der Waals surface area (Å²) in [6.07, 6.45) is 5.29. The molecule has 1 aliphatic carbocycles. The molecule has 0 aromatic carbocycles. The fourth-order valence-electron chi connectivity index (χ4n) is 6.00. The van der Waals surface area contributed by atoms with Gasteiger partial charge < -0.3 is 19.6 Å². The highest BCUT2D eigenvalue weighted by atomic mass is 32.2. The molecule has 2 fully saturated rings. The fraction of sp³-hybridized carbons (Fsp3) is 0.483. The van der Waals surface area contributed by atoms with Crippen LogP contribution in [0.4, 0.5) is 14.6 Å². The highest BCUT2D eigenvalue weighted by Gasteiger charge is 2.31. The van der Waals surface area contributed by atoms with Crippen molar-refractivity contribution in [3.63, 3.8) is 0 Å². The van der Waals surface area contributed by atoms with E-state index in [1.54, 1.807) is 6.07 Å². The van der Waals surface area contributed by atoms with Crippen molar-refractivity contribution in [3.05, 3.63) is 47.3 Å². The summed E-state index contributed by atoms with van der Waals surface area (Å²) in [6.45, 7) is 2.56. The zero-order valence-electron chi connectivity index (χ0n) is 23.9. The molecule has 0 unspecified atom stereocenters. The van der Waals surface area contributed by atoms with Gasteiger partial charge in [0.05, 0.1) is 11.9 Å². The molecule has 4 aromatic heterocycles. The quantitative estimate of drug-likeness (QED) is 0.304. The summed E-state index contributed by atoms with van der Waals surface area (Å²) in [4.78, 5) is 24.7. The maximum Gasteiger partial charge on any atom is 0.329 e. The predicted molar refractivity (Wildman–Crippen MR) is 157 cm³/mol. The van der Waals surface area contributed by atoms with Gasteiger partial charge in [-0.1, -0.05) is 6.92 Å². The van der Waals surface area contributed by atoms with Crippen LogP contribution in [0.15, 0.2) is 30.3 Å². The lowest BCUT2D eigenvalue weighted by molar-refractivity contribution is 0.0708. The summed E-state index contributed by atoms with van der Waals surface area (Å²) >= 11 is 0. The SMILES string of the molecule is CCc1cc(C(=O)N2CCC[C@@H](N)C2)cc2nc(-c3cc4ccc(N(C(F)F)S(C)(=O)=O)nc4n3CC3CC3)c(C)n12. The van der Waals surface area contributed by atoms with Crippen LogP contribution in [0.3, 0.4) is 0 Å². The van der Waals surface area contributed by atoms with Gasteiger partial charge in [0.25, 0.3) is 5.91 Å². The summed E-state index contributed by atoms with van der Waals surface area (Å²) in [5, 5.41) is 0.696. The second-order valence-electron chi connectivity index (χ2n) is 11.5. The number of aromatic nitrogens is 4. The van der Waals surface area contributed by atoms with Crippen LogP contribution in [-0.2, 0) is 23.0 Å². The second kappa shape index (κ2) is 10.6. The molecular formula is C29H35F2N7O3S. The van der Waals surface area contributed by atoms with Gasteiger partial charge in [0.2, 0.25) is 10.0 Å². The van der Waals surface area contributed by atoms with E-state index in [2.05, 4.69) is 4.98 Å². The van der Waals surface area contributed by atoms with Gasteiger partial charge in [-0.15, -0.1) is 0 Å². The van der Waals surface area contributed by atoms with Crippen molar-refractivity contribution in [1.29, 1.82) is 0 Å². The van der Waals surface area contributed by atoms with E-state index in [9.17, 15) is 22.0 Å². The van der Waals surface area contributed by atoms with Crippen LogP contribution in [0.2, 0.25) is 0 Å². The molecule has 10 nitrogen and oxygen atoms in total. The summed E-state index contributed by atoms with van der Waals surface area (Å²) in [5.41, 5.74) is 11.1. The average molecular weight is 600 g/mol. The van der Waals surface area contributed by atoms with Gasteiger partial charge in [-0.25, -0.2) is 18.4 Å². The number of hydrogen-bond acceptors (Lipinski definition) is 6. The van der Waals surface area contributed by atoms with Crippen LogP contribution in [0.25, 0.3) is 28.1 Å². The van der Waals surface area contributed by atoms with E-state index < -0.39 is 16.6 Å². The Labute approximate surface area is 243 Å². The maximum absolute atomic E-state index is 13.8. The molecule has 1 saturated heterocycles. The largest absolute Gasteiger partial charge is 0.337 e. The van der Waals surface area contributed by atoms with Crippen LogP contribution in [0.1, 0.15) is 54.4 Å². The van der Waals surface area contributed by atoms with Gasteiger partial charge in [0.15, 0.2) is 0 Å². The molecule has 4 aromatic rings. The lowest BCUT2D eigenvalue weighted by atomic mass is 10.1. The Morgan fingerprint density at radius 2 is 1.93 bits per heavy atom. The first kappa shape index (κ1) is 28.5. The number of sulfonamides is 1. The molecule has 1 aliphatic heterocycles. The Hall–Kier alpha value is -3.58. The number of halogens is 2. The molecular weight excluding hydrogens is 564 g/mol. The monoisotopic (exact) mass is 599 g/mol. The van der Waals surface area contributed by atoms with Crippen molar-refractivity contribution < 1.29 is 22.0 Å². The number of rotatable bonds is 8. The number of piperidine rings is 1. The predicted octanol–water partition coefficient (Wildman–Crippen LogP) is 4.18. The van der Waals surface area contributed by atoms with E-state index in [-0.39, 0.29) is 22.1 Å². The van der Waals surface area contributed by atoms with Crippen molar-refractivity contribution in [2.75, 3.05) is 23.7 Å². The molecule has 13 heteroatoms. The molecule has 0 spiro atoms. The first-order valence-electron chi connectivity index (χ1n) is 14.3. The van der Waals surface area contributed by atoms with E-state index in [1.807, 2.05) is 45.9 Å². The zero-order valence-corrected chi connectivity index (χ0v) is 24.7. The number of carbonyl (C=O) groups is 1. The number of anilines is 1. The van der Waals surface area contributed by atoms with Crippen LogP contribution in [0, 0.1) is 12.8 Å². The molecule has 1 atom stereocenters. The third kappa shape index (κ3) is 5.13. The van der Waals surface area contributed by atoms with Crippen molar-refractivity contribution in [3.8, 4) is 11.4 Å². The highest BCUT2D eigenvalue weighted by molar-refractivity contribution is 7.92. The van der Waals surface area contributed by atoms with Crippen molar-refractivity contribution >= 4 is 38.4 Å². The van der Waals surface area contributed by atoms with Gasteiger partial charge in [-0.05, 0) is 75.3 Å². The first-order chi connectivity index (χ1) is 20.0. The van der Waals surface area contributed by atoms with Crippen LogP contribution < -0.4 is 10.0 Å². The van der Waals surface area contributed by atoms with E-state index in [1.165, 1.54) is 6.07 Å². The molecule has 6 rings (SSSR count). The van der Waals surface area contributed by atoms with Gasteiger partial charge in [-0.2, -0.15) is 13.1 Å². The molecule has 224 valence electrons. The smallest absolute Gasteiger partial charge is 0.329 e. The number of amides is 1. The van der Waals surface area contributed by atoms with Crippen LogP contribution in [0.5, 0.6) is 0 Å². The van der Waals surface area contributed by atoms with E-state index in [4.69, 9.17) is 10.7 Å². The number of nitrogens with two attached hydrogens (primary N) is 1. The number of carbonyl (C=O) groups excluding carboxylic acids is 1. The Bertz CT molecular complexity index is 1800. The number of pyridine rings is 2. The van der Waals surface area contributed by atoms with Gasteiger partial charge in [0, 0.05) is 48.0 Å². The minimum atomic E-state index is -4.25. The number of hydrogen-bond donors (Lipinski definition) is 1. The van der Waals surface area contributed by atoms with Crippen LogP contribution in [-0.4, -0.2) is 70.1 Å². The van der Waals surface area contributed by atoms with E-state index in [0.717, 1.165) is 49.0 Å². The normalized spacial score (nSPS) is 18.0. The average Bonchev–Trinajstić information content (AvgIpc) is 3.61. The maximum atomic E-state index is 13.8. The number of aryl methyl sites for hydroxylation is 2. The number of likely N-dealkylation sites (tertiary alicyclic amines) is 1. The van der Waals surface area contributed by atoms with E-state index >= 15 is 0 Å². The number of alkyl halides is 2. The number of imidazole rings is 1. The Morgan fingerprint density at radius 1 is 1.17 bits per heavy atom. The molecule has 42 heavy (non-hydrogen) atoms. The lowest BCUT2D eigenvalue weighted by Crippen LogP contribution is -2.45. The molecule has 1 saturated carbocycles. The fourth-order valence-corrected chi connectivity index (χ4v) is 6.74. The zero-order chi connectivity index (χ0) is 29.9. The molecule has 1 amide bonds. The Balaban J connectivity index is 1.49. The van der Waals surface area contributed by atoms with Crippen molar-refractivity contribution in [1.82, 2.24) is 23.8 Å². The van der Waals surface area contributed by atoms with Gasteiger partial charge >= 0.3 is 6.55 Å². The Kier molecular flexibility index (Phi) is 7.20. The summed E-state index contributed by atoms with van der Waals surface area (Å²) < 4.78 is 56.0. The molecule has 5 heterocycles. The van der Waals surface area contributed by atoms with Crippen LogP contribution >= 0.6 is 0 Å². The molecule has 2 N–H and O–H groups in total. The number of fused-ring (bicyclic) bond motifs is 2. The van der Waals surface area contributed by atoms with Crippen molar-refractivity contribution in [2.45, 2.75) is 65.1 Å². The molecule has 0 radical (unpaired) electrons. The lowest BCUT2D eigenvalue weighted by Gasteiger charge is -2.31. The number of nitrogens with zero attached hydrogens (tertiary/aromatic N) is 6. The summed E-state index contributed by atoms with van der Waals surface area (Å²) in [5.74, 6) is 0.0236. The van der Waals surface area contributed by atoms with Crippen molar-refractivity contribution in [2.24, 2.45) is 11.7 Å². The second-order valence-corrected chi connectivity index (χ2v) is 13.3. The minimum Gasteiger partial charge on any atom is -0.337 e. The molecule has 2 aliphatic rings. The third-order valence-corrected chi connectivity index (χ3v) is 9.31. The topological polar surface area (TPSA) is 119 Å². The van der Waals surface area contributed by atoms with Gasteiger partial charge in [0.1, 0.15) is 22.8 Å². The Morgan fingerprint density at radius 3 is 2.57 bits per heavy atom. The van der Waals surface area contributed by atoms with Gasteiger partial charge in [-0.3, -0.25) is 4.79 Å². The highest BCUT2D eigenvalue weighted by Crippen LogP contribution is 2.37. The minimum absolute atomic E-state index is 0.0231. The summed E-state index contributed by atoms with van der Waals surface area (Å²) in [7, 11) is -4.25. The third-order valence-electron chi connectivity index (χ3n) is 8.25.